The van der Waals surface area contributed by atoms with Gasteiger partial charge in [0.1, 0.15) is 54.4 Å². The third-order valence-electron chi connectivity index (χ3n) is 17.1. The molecule has 2 aliphatic heterocycles. The van der Waals surface area contributed by atoms with Crippen LogP contribution in [0.15, 0.2) is 61.2 Å². The molecule has 6 N–H and O–H groups in total. The summed E-state index contributed by atoms with van der Waals surface area (Å²) in [6, 6.07) is 5.58. The van der Waals surface area contributed by atoms with Crippen LogP contribution in [0.4, 0.5) is 0 Å². The molecule has 2 aromatic carbocycles. The number of benzene rings is 2. The maximum Gasteiger partial charge on any atom is 0.248 e. The molecule has 2 bridgehead atoms. The van der Waals surface area contributed by atoms with Gasteiger partial charge in [0.2, 0.25) is 65.0 Å². The SMILES string of the molecule is C=C1CCC(=O)N[C@@H](Cc2ccccc2)C(=O)N(C)[C@@H](CC(C)C)C(=O)N(C)[C@@H](C(C)C)C(=O)N(C)CC(=O)N[C@@H]([C@@H](C)O)C(=O)N(C)[C@@H](C)C(=O)N[C@@H](C)C(=O)N(C)[C@@H](CC(C)C)C(=O)N[C@@H](CC(C)C)C(=O)N[C@H](C(=O)N2CCCCC2)Cc2cccc1c2.[HH].[HH].[HH].[HH].[HH]. The number of nitrogens with one attached hydrogen (secondary N) is 5. The number of nitrogens with zero attached hydrogens (tertiary/aromatic N) is 6. The van der Waals surface area contributed by atoms with Gasteiger partial charge < -0.3 is 61.1 Å². The number of hydrogen-bond donors (Lipinski definition) is 6. The smallest absolute Gasteiger partial charge is 0.248 e. The fourth-order valence-corrected chi connectivity index (χ4v) is 11.7. The van der Waals surface area contributed by atoms with Crippen LogP contribution in [0.3, 0.4) is 0 Å². The van der Waals surface area contributed by atoms with Gasteiger partial charge in [-0.1, -0.05) is 117 Å². The number of carbonyl (C=O) groups is 11. The number of fused-ring (bicyclic) bond motifs is 2. The molecule has 2 heterocycles. The molecule has 4 rings (SSSR count). The third kappa shape index (κ3) is 22.0. The molecule has 2 aromatic rings. The number of aliphatic hydroxyl groups is 1. The van der Waals surface area contributed by atoms with Gasteiger partial charge in [-0.3, -0.25) is 52.7 Å². The maximum absolute atomic E-state index is 14.9. The van der Waals surface area contributed by atoms with E-state index < -0.39 is 132 Å². The summed E-state index contributed by atoms with van der Waals surface area (Å²) in [5, 5.41) is 24.9. The molecule has 1 saturated heterocycles. The van der Waals surface area contributed by atoms with Gasteiger partial charge in [0.15, 0.2) is 0 Å². The lowest BCUT2D eigenvalue weighted by molar-refractivity contribution is -0.153. The van der Waals surface area contributed by atoms with Crippen molar-refractivity contribution < 1.29 is 65.0 Å². The van der Waals surface area contributed by atoms with E-state index in [1.54, 1.807) is 24.8 Å². The van der Waals surface area contributed by atoms with Crippen molar-refractivity contribution in [3.63, 3.8) is 0 Å². The molecule has 23 nitrogen and oxygen atoms in total. The zero-order chi connectivity index (χ0) is 68.3. The Morgan fingerprint density at radius 2 is 1.18 bits per heavy atom. The van der Waals surface area contributed by atoms with Crippen LogP contribution in [-0.2, 0) is 65.6 Å². The van der Waals surface area contributed by atoms with Gasteiger partial charge in [-0.25, -0.2) is 0 Å². The van der Waals surface area contributed by atoms with Crippen LogP contribution in [0.1, 0.15) is 151 Å². The number of hydrogen-bond acceptors (Lipinski definition) is 12. The van der Waals surface area contributed by atoms with E-state index in [1.165, 1.54) is 70.7 Å². The second-order valence-electron chi connectivity index (χ2n) is 26.6. The summed E-state index contributed by atoms with van der Waals surface area (Å²) in [4.78, 5) is 166. The van der Waals surface area contributed by atoms with E-state index in [2.05, 4.69) is 33.2 Å². The van der Waals surface area contributed by atoms with Crippen molar-refractivity contribution in [2.24, 2.45) is 23.7 Å². The molecule has 1 fully saturated rings. The predicted octanol–water partition coefficient (Wildman–Crippen LogP) is 4.93. The zero-order valence-corrected chi connectivity index (χ0v) is 56.8. The van der Waals surface area contributed by atoms with Crippen molar-refractivity contribution in [2.75, 3.05) is 54.9 Å². The summed E-state index contributed by atoms with van der Waals surface area (Å²) in [5.41, 5.74) is 2.70. The molecule has 0 aromatic heterocycles. The van der Waals surface area contributed by atoms with Crippen molar-refractivity contribution in [1.29, 1.82) is 0 Å². The zero-order valence-electron chi connectivity index (χ0n) is 56.8. The molecule has 0 radical (unpaired) electrons. The predicted molar refractivity (Wildman–Crippen MR) is 359 cm³/mol. The first-order chi connectivity index (χ1) is 42.6. The van der Waals surface area contributed by atoms with E-state index in [4.69, 9.17) is 0 Å². The molecule has 514 valence electrons. The van der Waals surface area contributed by atoms with Crippen LogP contribution in [0.2, 0.25) is 0 Å². The Bertz CT molecular complexity index is 2900. The lowest BCUT2D eigenvalue weighted by Crippen LogP contribution is -2.61. The lowest BCUT2D eigenvalue weighted by Gasteiger charge is -2.38. The highest BCUT2D eigenvalue weighted by Gasteiger charge is 2.42. The molecule has 0 saturated carbocycles. The monoisotopic (exact) mass is 1280 g/mol. The van der Waals surface area contributed by atoms with Gasteiger partial charge in [-0.05, 0) is 112 Å². The minimum atomic E-state index is -1.61. The summed E-state index contributed by atoms with van der Waals surface area (Å²) in [5.74, 6) is -7.79. The Morgan fingerprint density at radius 3 is 1.76 bits per heavy atom. The Balaban J connectivity index is 0. The van der Waals surface area contributed by atoms with Crippen LogP contribution in [0.5, 0.6) is 0 Å². The summed E-state index contributed by atoms with van der Waals surface area (Å²) >= 11 is 0. The molecule has 10 atom stereocenters. The molecule has 0 aliphatic carbocycles. The number of piperidine rings is 1. The van der Waals surface area contributed by atoms with Gasteiger partial charge in [0, 0.05) is 74.7 Å². The van der Waals surface area contributed by atoms with E-state index in [-0.39, 0.29) is 75.7 Å². The second-order valence-corrected chi connectivity index (χ2v) is 26.6. The summed E-state index contributed by atoms with van der Waals surface area (Å²) < 4.78 is 0. The Labute approximate surface area is 547 Å². The van der Waals surface area contributed by atoms with E-state index in [1.807, 2.05) is 90.1 Å². The number of aliphatic hydroxyl groups excluding tert-OH is 1. The number of carbonyl (C=O) groups excluding carboxylic acids is 11. The number of allylic oxidation sites excluding steroid dienone is 1. The maximum atomic E-state index is 14.9. The van der Waals surface area contributed by atoms with E-state index in [0.717, 1.165) is 34.6 Å². The average Bonchev–Trinajstić information content (AvgIpc) is 0.829. The normalized spacial score (nSPS) is 25.4. The van der Waals surface area contributed by atoms with Gasteiger partial charge in [0.25, 0.3) is 0 Å². The highest BCUT2D eigenvalue weighted by atomic mass is 16.3. The average molecular weight is 1280 g/mol. The molecule has 91 heavy (non-hydrogen) atoms. The van der Waals surface area contributed by atoms with E-state index >= 15 is 0 Å². The number of rotatable bonds is 11. The van der Waals surface area contributed by atoms with Gasteiger partial charge in [-0.15, -0.1) is 0 Å². The second kappa shape index (κ2) is 35.2. The van der Waals surface area contributed by atoms with Crippen molar-refractivity contribution in [3.05, 3.63) is 77.9 Å². The van der Waals surface area contributed by atoms with E-state index in [0.29, 0.717) is 29.8 Å². The van der Waals surface area contributed by atoms with Crippen molar-refractivity contribution >= 4 is 70.6 Å². The first-order valence-corrected chi connectivity index (χ1v) is 32.2. The van der Waals surface area contributed by atoms with Crippen molar-refractivity contribution in [1.82, 2.24) is 56.0 Å². The number of likely N-dealkylation sites (tertiary alicyclic amines) is 1. The Hall–Kier alpha value is -7.69. The van der Waals surface area contributed by atoms with Gasteiger partial charge in [-0.2, -0.15) is 0 Å². The minimum Gasteiger partial charge on any atom is -0.391 e. The molecular weight excluding hydrogens is 1160 g/mol. The highest BCUT2D eigenvalue weighted by molar-refractivity contribution is 5.98. The van der Waals surface area contributed by atoms with Crippen LogP contribution in [-0.4, -0.2) is 215 Å². The fraction of sp³-hybridized carbons (Fsp3) is 0.632. The Kier molecular flexibility index (Phi) is 29.3. The number of amides is 11. The molecule has 0 spiro atoms. The first-order valence-electron chi connectivity index (χ1n) is 32.2. The highest BCUT2D eigenvalue weighted by Crippen LogP contribution is 2.24. The largest absolute Gasteiger partial charge is 0.391 e. The van der Waals surface area contributed by atoms with E-state index in [9.17, 15) is 57.8 Å². The van der Waals surface area contributed by atoms with Gasteiger partial charge in [0.05, 0.1) is 12.6 Å². The quantitative estimate of drug-likeness (QED) is 0.175. The molecule has 11 amide bonds. The van der Waals surface area contributed by atoms with Crippen LogP contribution in [0, 0.1) is 23.7 Å². The first kappa shape index (κ1) is 75.8. The summed E-state index contributed by atoms with van der Waals surface area (Å²) in [6.07, 6.45) is 1.80. The van der Waals surface area contributed by atoms with Crippen molar-refractivity contribution in [3.8, 4) is 0 Å². The van der Waals surface area contributed by atoms with Crippen LogP contribution < -0.4 is 26.6 Å². The lowest BCUT2D eigenvalue weighted by atomic mass is 9.96. The van der Waals surface area contributed by atoms with Crippen LogP contribution in [0.25, 0.3) is 5.57 Å². The molecular formula is C68H115N11O12. The summed E-state index contributed by atoms with van der Waals surface area (Å²) in [7, 11) is 7.01. The summed E-state index contributed by atoms with van der Waals surface area (Å²) in [6.45, 7) is 23.6. The fourth-order valence-electron chi connectivity index (χ4n) is 11.7. The molecule has 0 unspecified atom stereocenters. The number of likely N-dealkylation sites (N-methyl/N-ethyl adjacent to an activating group) is 5. The van der Waals surface area contributed by atoms with Crippen molar-refractivity contribution in [2.45, 2.75) is 201 Å². The Morgan fingerprint density at radius 1 is 0.582 bits per heavy atom. The topological polar surface area (TPSA) is 288 Å². The van der Waals surface area contributed by atoms with Gasteiger partial charge >= 0.3 is 0 Å². The minimum absolute atomic E-state index is 0. The third-order valence-corrected chi connectivity index (χ3v) is 17.1. The molecule has 2 aliphatic rings. The molecule has 23 heteroatoms. The van der Waals surface area contributed by atoms with Crippen LogP contribution >= 0.6 is 0 Å². The standard InChI is InChI=1S/C68H105N11O12.5H2/c1-40(2)33-51-61(84)72-53(65(88)79-31-22-19-23-32-79)38-49-27-24-28-50(36-49)44(9)29-30-56(81)70-52(37-48-25-20-18-21-26-48)64(87)77(16)55(35-42(5)6)66(89)78(17)59(43(7)8)68(91)74(13)39-57(82)73-58(47(12)80)67(90)75(14)46(11)60(83)69-45(10)63(86)76(15)54(34-41(3)4)62(85)71-51;;;;;/h18,20-21,24-28,36,40-43,45-47,51-55,58-59,80H,9,19,22-23,29-35,37-39H2,1-8,10-17H3,(H,69,83)(H,70,81)(H,71,85)(H,72,84)(H,73,82);5*1H/t45-,46-,47+,51-,52-,53-,54-,55-,58-,59-;;;;;/m0...../s1.